The Morgan fingerprint density at radius 2 is 1.05 bits per heavy atom. The normalized spacial score (nSPS) is 17.5. The van der Waals surface area contributed by atoms with E-state index in [0.29, 0.717) is 74.5 Å². The van der Waals surface area contributed by atoms with Gasteiger partial charge < -0.3 is 41.0 Å². The van der Waals surface area contributed by atoms with Gasteiger partial charge in [0.25, 0.3) is 11.8 Å². The molecule has 0 saturated carbocycles. The van der Waals surface area contributed by atoms with Crippen molar-refractivity contribution in [1.29, 1.82) is 0 Å². The number of nitrogens with one attached hydrogen (secondary N) is 4. The maximum absolute atomic E-state index is 12.8. The number of carbonyl (C=O) groups excluding carboxylic acids is 4. The van der Waals surface area contributed by atoms with Crippen LogP contribution in [0.3, 0.4) is 0 Å². The van der Waals surface area contributed by atoms with Gasteiger partial charge in [0.15, 0.2) is 11.6 Å². The molecule has 58 heavy (non-hydrogen) atoms. The highest BCUT2D eigenvalue weighted by molar-refractivity contribution is 6.00. The molecule has 6 N–H and O–H groups in total. The number of rotatable bonds is 16. The van der Waals surface area contributed by atoms with Crippen LogP contribution in [-0.4, -0.2) is 121 Å². The molecule has 0 spiro atoms. The van der Waals surface area contributed by atoms with Crippen LogP contribution in [-0.2, 0) is 22.3 Å². The largest absolute Gasteiger partial charge is 0.390 e. The van der Waals surface area contributed by atoms with E-state index in [1.807, 2.05) is 60.7 Å². The smallest absolute Gasteiger partial charge is 0.269 e. The number of amides is 2. The number of aliphatic hydroxyl groups excluding tert-OH is 2. The standard InChI is InChI=1S/2C22H27N3O4/c2*1-23-22(28)18-13-16(12-17(25-18)11-15-5-3-2-4-6-15)19(26)7-8-20(27)21-14-24-9-10-29-21/h2*2-6,12-13,20-21,24,27H,7-11,14H2,1H3,(H,23,28)/t20-,21+;20-,21-/m10/s1. The second kappa shape index (κ2) is 22.6. The highest BCUT2D eigenvalue weighted by Gasteiger charge is 2.25. The molecule has 0 unspecified atom stereocenters. The first-order valence-corrected chi connectivity index (χ1v) is 19.7. The van der Waals surface area contributed by atoms with Crippen molar-refractivity contribution in [3.8, 4) is 0 Å². The molecule has 0 aliphatic carbocycles. The Balaban J connectivity index is 0.000000221. The monoisotopic (exact) mass is 794 g/mol. The summed E-state index contributed by atoms with van der Waals surface area (Å²) in [6.45, 7) is 3.80. The fourth-order valence-electron chi connectivity index (χ4n) is 6.66. The molecule has 4 atom stereocenters. The number of hydrogen-bond acceptors (Lipinski definition) is 12. The molecule has 2 fully saturated rings. The number of nitrogens with zero attached hydrogens (tertiary/aromatic N) is 2. The average Bonchev–Trinajstić information content (AvgIpc) is 3.27. The Kier molecular flexibility index (Phi) is 17.1. The van der Waals surface area contributed by atoms with E-state index in [2.05, 4.69) is 31.2 Å². The van der Waals surface area contributed by atoms with Crippen molar-refractivity contribution in [2.24, 2.45) is 0 Å². The zero-order valence-electron chi connectivity index (χ0n) is 33.1. The lowest BCUT2D eigenvalue weighted by atomic mass is 9.99. The fourth-order valence-corrected chi connectivity index (χ4v) is 6.66. The van der Waals surface area contributed by atoms with E-state index in [1.54, 1.807) is 12.1 Å². The summed E-state index contributed by atoms with van der Waals surface area (Å²) in [5.41, 5.74) is 4.68. The van der Waals surface area contributed by atoms with Crippen molar-refractivity contribution in [3.05, 3.63) is 130 Å². The lowest BCUT2D eigenvalue weighted by Crippen LogP contribution is -2.45. The molecule has 2 amide bonds. The van der Waals surface area contributed by atoms with Gasteiger partial charge in [-0.05, 0) is 48.2 Å². The first kappa shape index (κ1) is 43.9. The molecule has 2 aromatic heterocycles. The van der Waals surface area contributed by atoms with Gasteiger partial charge in [-0.1, -0.05) is 60.7 Å². The van der Waals surface area contributed by atoms with E-state index in [4.69, 9.17) is 9.47 Å². The summed E-state index contributed by atoms with van der Waals surface area (Å²) in [5, 5.41) is 32.1. The zero-order chi connectivity index (χ0) is 41.3. The Bertz CT molecular complexity index is 1810. The van der Waals surface area contributed by atoms with Gasteiger partial charge in [-0.25, -0.2) is 9.97 Å². The quantitative estimate of drug-likeness (QED) is 0.0908. The third-order valence-electron chi connectivity index (χ3n) is 9.88. The maximum Gasteiger partial charge on any atom is 0.269 e. The van der Waals surface area contributed by atoms with Crippen LogP contribution >= 0.6 is 0 Å². The number of ketones is 2. The molecular formula is C44H54N6O8. The van der Waals surface area contributed by atoms with E-state index in [1.165, 1.54) is 26.2 Å². The van der Waals surface area contributed by atoms with Gasteiger partial charge in [0.1, 0.15) is 11.4 Å². The van der Waals surface area contributed by atoms with E-state index in [-0.39, 0.29) is 59.8 Å². The second-order valence-electron chi connectivity index (χ2n) is 14.2. The lowest BCUT2D eigenvalue weighted by Gasteiger charge is -2.27. The minimum atomic E-state index is -0.712. The molecule has 0 bridgehead atoms. The number of aromatic nitrogens is 2. The highest BCUT2D eigenvalue weighted by atomic mass is 16.5. The molecule has 2 aromatic carbocycles. The van der Waals surface area contributed by atoms with Gasteiger partial charge in [-0.3, -0.25) is 19.2 Å². The number of ether oxygens (including phenoxy) is 2. The van der Waals surface area contributed by atoms with Crippen molar-refractivity contribution in [2.75, 3.05) is 53.5 Å². The molecule has 2 saturated heterocycles. The molecule has 14 nitrogen and oxygen atoms in total. The number of carbonyl (C=O) groups is 4. The molecule has 2 aliphatic rings. The molecule has 6 rings (SSSR count). The van der Waals surface area contributed by atoms with Crippen molar-refractivity contribution < 1.29 is 38.9 Å². The molecule has 4 aromatic rings. The van der Waals surface area contributed by atoms with E-state index < -0.39 is 12.2 Å². The van der Waals surface area contributed by atoms with Crippen molar-refractivity contribution in [3.63, 3.8) is 0 Å². The number of morpholine rings is 2. The van der Waals surface area contributed by atoms with E-state index in [9.17, 15) is 29.4 Å². The van der Waals surface area contributed by atoms with Gasteiger partial charge in [0.05, 0.1) is 37.6 Å². The van der Waals surface area contributed by atoms with Gasteiger partial charge in [-0.2, -0.15) is 0 Å². The number of aliphatic hydroxyl groups is 2. The second-order valence-corrected chi connectivity index (χ2v) is 14.2. The first-order valence-electron chi connectivity index (χ1n) is 19.7. The van der Waals surface area contributed by atoms with E-state index in [0.717, 1.165) is 24.2 Å². The summed E-state index contributed by atoms with van der Waals surface area (Å²) in [4.78, 5) is 58.6. The predicted octanol–water partition coefficient (Wildman–Crippen LogP) is 2.69. The molecule has 0 radical (unpaired) electrons. The van der Waals surface area contributed by atoms with Crippen LogP contribution in [0.4, 0.5) is 0 Å². The van der Waals surface area contributed by atoms with Crippen molar-refractivity contribution >= 4 is 23.4 Å². The van der Waals surface area contributed by atoms with Crippen LogP contribution < -0.4 is 21.3 Å². The summed E-state index contributed by atoms with van der Waals surface area (Å²) in [6.07, 6.45) is -0.0360. The average molecular weight is 795 g/mol. The third-order valence-corrected chi connectivity index (χ3v) is 9.88. The minimum absolute atomic E-state index is 0.130. The molecule has 2 aliphatic heterocycles. The minimum Gasteiger partial charge on any atom is -0.390 e. The molecule has 308 valence electrons. The van der Waals surface area contributed by atoms with Gasteiger partial charge >= 0.3 is 0 Å². The van der Waals surface area contributed by atoms with Gasteiger partial charge in [-0.15, -0.1) is 0 Å². The Morgan fingerprint density at radius 1 is 0.655 bits per heavy atom. The van der Waals surface area contributed by atoms with Crippen LogP contribution in [0.15, 0.2) is 84.9 Å². The maximum atomic E-state index is 12.8. The summed E-state index contributed by atoms with van der Waals surface area (Å²) in [5.74, 6) is -0.935. The van der Waals surface area contributed by atoms with Crippen molar-refractivity contribution in [2.45, 2.75) is 62.9 Å². The number of Topliss-reactive ketones (excluding diaryl/α,β-unsaturated/α-hetero) is 2. The van der Waals surface area contributed by atoms with Crippen LogP contribution in [0, 0.1) is 0 Å². The summed E-state index contributed by atoms with van der Waals surface area (Å²) in [6, 6.07) is 26.0. The third kappa shape index (κ3) is 13.4. The van der Waals surface area contributed by atoms with Crippen LogP contribution in [0.5, 0.6) is 0 Å². The SMILES string of the molecule is CNC(=O)c1cc(C(=O)CC[C@@H](O)[C@@H]2CNCCO2)cc(Cc2ccccc2)n1.CNC(=O)c1cc(C(=O)CC[C@H](O)[C@@H]2CNCCO2)cc(Cc2ccccc2)n1. The fraction of sp³-hybridized carbons (Fsp3) is 0.409. The number of benzene rings is 2. The molecule has 4 heterocycles. The highest BCUT2D eigenvalue weighted by Crippen LogP contribution is 2.18. The van der Waals surface area contributed by atoms with Crippen molar-refractivity contribution in [1.82, 2.24) is 31.2 Å². The van der Waals surface area contributed by atoms with Crippen LogP contribution in [0.1, 0.15) is 89.9 Å². The number of hydrogen-bond donors (Lipinski definition) is 6. The topological polar surface area (TPSA) is 201 Å². The zero-order valence-corrected chi connectivity index (χ0v) is 33.1. The summed E-state index contributed by atoms with van der Waals surface area (Å²) < 4.78 is 11.1. The summed E-state index contributed by atoms with van der Waals surface area (Å²) >= 11 is 0. The van der Waals surface area contributed by atoms with Gasteiger partial charge in [0, 0.05) is 88.5 Å². The number of pyridine rings is 2. The predicted molar refractivity (Wildman–Crippen MR) is 218 cm³/mol. The van der Waals surface area contributed by atoms with Crippen LogP contribution in [0.2, 0.25) is 0 Å². The first-order chi connectivity index (χ1) is 28.1. The van der Waals surface area contributed by atoms with E-state index >= 15 is 0 Å². The Hall–Kier alpha value is -5.22. The summed E-state index contributed by atoms with van der Waals surface area (Å²) in [7, 11) is 3.06. The van der Waals surface area contributed by atoms with Crippen LogP contribution in [0.25, 0.3) is 0 Å². The van der Waals surface area contributed by atoms with Gasteiger partial charge in [0.2, 0.25) is 0 Å². The Labute approximate surface area is 339 Å². The Morgan fingerprint density at radius 3 is 1.40 bits per heavy atom. The molecular weight excluding hydrogens is 741 g/mol. The molecule has 14 heteroatoms. The lowest BCUT2D eigenvalue weighted by molar-refractivity contribution is -0.0545.